The van der Waals surface area contributed by atoms with Gasteiger partial charge in [0.25, 0.3) is 5.91 Å². The first-order chi connectivity index (χ1) is 10.1. The minimum absolute atomic E-state index is 0.111. The second-order valence-electron chi connectivity index (χ2n) is 5.33. The molecular formula is C14H23N5O2. The van der Waals surface area contributed by atoms with Crippen LogP contribution >= 0.6 is 0 Å². The molecule has 1 aromatic rings. The van der Waals surface area contributed by atoms with Crippen LogP contribution in [0.1, 0.15) is 50.0 Å². The first-order valence-electron chi connectivity index (χ1n) is 7.36. The molecule has 4 N–H and O–H groups in total. The van der Waals surface area contributed by atoms with Crippen LogP contribution in [0.5, 0.6) is 0 Å². The van der Waals surface area contributed by atoms with Crippen molar-refractivity contribution in [2.45, 2.75) is 51.2 Å². The summed E-state index contributed by atoms with van der Waals surface area (Å²) in [6.45, 7) is 4.92. The second-order valence-corrected chi connectivity index (χ2v) is 5.33. The zero-order valence-corrected chi connectivity index (χ0v) is 12.6. The van der Waals surface area contributed by atoms with Crippen LogP contribution in [0.25, 0.3) is 0 Å². The molecule has 2 rings (SSSR count). The maximum Gasteiger partial charge on any atom is 0.271 e. The van der Waals surface area contributed by atoms with Gasteiger partial charge in [-0.05, 0) is 25.7 Å². The van der Waals surface area contributed by atoms with Gasteiger partial charge in [0.15, 0.2) is 5.82 Å². The van der Waals surface area contributed by atoms with Crippen LogP contribution in [-0.2, 0) is 4.74 Å². The smallest absolute Gasteiger partial charge is 0.271 e. The molecule has 0 radical (unpaired) electrons. The maximum absolute atomic E-state index is 12.2. The van der Waals surface area contributed by atoms with E-state index in [9.17, 15) is 4.79 Å². The predicted molar refractivity (Wildman–Crippen MR) is 79.6 cm³/mol. The van der Waals surface area contributed by atoms with Crippen LogP contribution in [-0.4, -0.2) is 34.1 Å². The highest BCUT2D eigenvalue weighted by atomic mass is 16.5. The molecule has 116 valence electrons. The Labute approximate surface area is 124 Å². The van der Waals surface area contributed by atoms with Crippen LogP contribution in [0.4, 0.5) is 5.82 Å². The van der Waals surface area contributed by atoms with Gasteiger partial charge in [0.05, 0.1) is 18.0 Å². The Morgan fingerprint density at radius 2 is 2.19 bits per heavy atom. The molecule has 1 fully saturated rings. The van der Waals surface area contributed by atoms with Crippen molar-refractivity contribution in [2.75, 3.05) is 12.0 Å². The standard InChI is InChI=1S/C14H23N5O2/c1-3-14(4-2)7-10(5-6-21-14)18-13(20)11-8-17-12(19-15)9-16-11/h8-10H,3-7,15H2,1-2H3,(H,17,19)(H,18,20). The molecule has 0 aromatic carbocycles. The van der Waals surface area contributed by atoms with Gasteiger partial charge in [0.2, 0.25) is 0 Å². The summed E-state index contributed by atoms with van der Waals surface area (Å²) < 4.78 is 5.91. The Balaban J connectivity index is 1.98. The van der Waals surface area contributed by atoms with E-state index in [1.165, 1.54) is 12.4 Å². The summed E-state index contributed by atoms with van der Waals surface area (Å²) in [5.41, 5.74) is 2.55. The molecule has 0 bridgehead atoms. The third kappa shape index (κ3) is 3.68. The molecule has 1 amide bonds. The molecule has 1 aromatic heterocycles. The molecule has 1 atom stereocenters. The lowest BCUT2D eigenvalue weighted by Crippen LogP contribution is -2.48. The highest BCUT2D eigenvalue weighted by Crippen LogP contribution is 2.31. The third-order valence-corrected chi connectivity index (χ3v) is 4.15. The number of rotatable bonds is 5. The predicted octanol–water partition coefficient (Wildman–Crippen LogP) is 1.23. The van der Waals surface area contributed by atoms with E-state index in [-0.39, 0.29) is 17.6 Å². The number of nitrogens with one attached hydrogen (secondary N) is 2. The van der Waals surface area contributed by atoms with Gasteiger partial charge in [-0.3, -0.25) is 4.79 Å². The normalized spacial score (nSPS) is 20.8. The first kappa shape index (κ1) is 15.7. The molecular weight excluding hydrogens is 270 g/mol. The summed E-state index contributed by atoms with van der Waals surface area (Å²) in [5, 5.41) is 3.02. The number of nitrogens with two attached hydrogens (primary N) is 1. The van der Waals surface area contributed by atoms with Crippen molar-refractivity contribution in [2.24, 2.45) is 5.84 Å². The molecule has 0 saturated carbocycles. The molecule has 1 aliphatic heterocycles. The van der Waals surface area contributed by atoms with Gasteiger partial charge < -0.3 is 15.5 Å². The maximum atomic E-state index is 12.2. The summed E-state index contributed by atoms with van der Waals surface area (Å²) in [6.07, 6.45) is 6.40. The van der Waals surface area contributed by atoms with E-state index in [1.807, 2.05) is 0 Å². The molecule has 21 heavy (non-hydrogen) atoms. The molecule has 0 aliphatic carbocycles. The first-order valence-corrected chi connectivity index (χ1v) is 7.36. The van der Waals surface area contributed by atoms with Crippen molar-refractivity contribution in [3.8, 4) is 0 Å². The van der Waals surface area contributed by atoms with E-state index in [0.29, 0.717) is 18.1 Å². The number of hydrazine groups is 1. The lowest BCUT2D eigenvalue weighted by atomic mass is 9.86. The van der Waals surface area contributed by atoms with E-state index in [1.54, 1.807) is 0 Å². The lowest BCUT2D eigenvalue weighted by molar-refractivity contribution is -0.0918. The summed E-state index contributed by atoms with van der Waals surface area (Å²) in [4.78, 5) is 20.2. The Bertz CT molecular complexity index is 473. The van der Waals surface area contributed by atoms with Crippen LogP contribution in [0, 0.1) is 0 Å². The van der Waals surface area contributed by atoms with Crippen molar-refractivity contribution in [3.05, 3.63) is 18.1 Å². The van der Waals surface area contributed by atoms with E-state index in [4.69, 9.17) is 10.6 Å². The summed E-state index contributed by atoms with van der Waals surface area (Å²) >= 11 is 0. The SMILES string of the molecule is CCC1(CC)CC(NC(=O)c2cnc(NN)cn2)CCO1. The largest absolute Gasteiger partial charge is 0.375 e. The fourth-order valence-electron chi connectivity index (χ4n) is 2.67. The molecule has 7 nitrogen and oxygen atoms in total. The number of carbonyl (C=O) groups is 1. The van der Waals surface area contributed by atoms with Gasteiger partial charge in [-0.2, -0.15) is 0 Å². The van der Waals surface area contributed by atoms with Gasteiger partial charge in [-0.1, -0.05) is 13.8 Å². The molecule has 1 aliphatic rings. The number of anilines is 1. The van der Waals surface area contributed by atoms with Crippen LogP contribution in [0.3, 0.4) is 0 Å². The highest BCUT2D eigenvalue weighted by Gasteiger charge is 2.35. The monoisotopic (exact) mass is 293 g/mol. The number of nitrogen functional groups attached to an aromatic ring is 1. The Hall–Kier alpha value is -1.73. The number of amides is 1. The molecule has 2 heterocycles. The Morgan fingerprint density at radius 1 is 1.43 bits per heavy atom. The molecule has 1 saturated heterocycles. The van der Waals surface area contributed by atoms with E-state index < -0.39 is 0 Å². The molecule has 1 unspecified atom stereocenters. The number of nitrogens with zero attached hydrogens (tertiary/aromatic N) is 2. The van der Waals surface area contributed by atoms with Gasteiger partial charge in [-0.15, -0.1) is 0 Å². The van der Waals surface area contributed by atoms with Crippen LogP contribution < -0.4 is 16.6 Å². The molecule has 0 spiro atoms. The number of hydrogen-bond acceptors (Lipinski definition) is 6. The number of carbonyl (C=O) groups excluding carboxylic acids is 1. The van der Waals surface area contributed by atoms with Crippen LogP contribution in [0.2, 0.25) is 0 Å². The average molecular weight is 293 g/mol. The lowest BCUT2D eigenvalue weighted by Gasteiger charge is -2.40. The molecule has 7 heteroatoms. The summed E-state index contributed by atoms with van der Waals surface area (Å²) in [5.74, 6) is 5.43. The highest BCUT2D eigenvalue weighted by molar-refractivity contribution is 5.92. The minimum atomic E-state index is -0.209. The summed E-state index contributed by atoms with van der Waals surface area (Å²) in [7, 11) is 0. The van der Waals surface area contributed by atoms with Crippen LogP contribution in [0.15, 0.2) is 12.4 Å². The number of ether oxygens (including phenoxy) is 1. The fourth-order valence-corrected chi connectivity index (χ4v) is 2.67. The number of hydrogen-bond donors (Lipinski definition) is 3. The zero-order chi connectivity index (χ0) is 15.3. The number of aromatic nitrogens is 2. The van der Waals surface area contributed by atoms with E-state index in [2.05, 4.69) is 34.6 Å². The van der Waals surface area contributed by atoms with E-state index >= 15 is 0 Å². The zero-order valence-electron chi connectivity index (χ0n) is 12.6. The van der Waals surface area contributed by atoms with Gasteiger partial charge in [0.1, 0.15) is 5.69 Å². The average Bonchev–Trinajstić information content (AvgIpc) is 2.55. The van der Waals surface area contributed by atoms with Crippen molar-refractivity contribution in [3.63, 3.8) is 0 Å². The minimum Gasteiger partial charge on any atom is -0.375 e. The second kappa shape index (κ2) is 6.82. The summed E-state index contributed by atoms with van der Waals surface area (Å²) in [6, 6.07) is 0.111. The van der Waals surface area contributed by atoms with Gasteiger partial charge in [-0.25, -0.2) is 15.8 Å². The van der Waals surface area contributed by atoms with Gasteiger partial charge >= 0.3 is 0 Å². The van der Waals surface area contributed by atoms with Gasteiger partial charge in [0, 0.05) is 12.6 Å². The quantitative estimate of drug-likeness (QED) is 0.557. The topological polar surface area (TPSA) is 102 Å². The Kier molecular flexibility index (Phi) is 5.08. The van der Waals surface area contributed by atoms with E-state index in [0.717, 1.165) is 25.7 Å². The fraction of sp³-hybridized carbons (Fsp3) is 0.643. The third-order valence-electron chi connectivity index (χ3n) is 4.15. The van der Waals surface area contributed by atoms with Crippen molar-refractivity contribution in [1.82, 2.24) is 15.3 Å². The van der Waals surface area contributed by atoms with Crippen molar-refractivity contribution < 1.29 is 9.53 Å². The van der Waals surface area contributed by atoms with Crippen molar-refractivity contribution >= 4 is 11.7 Å². The van der Waals surface area contributed by atoms with Crippen molar-refractivity contribution in [1.29, 1.82) is 0 Å². The Morgan fingerprint density at radius 3 is 2.76 bits per heavy atom.